The van der Waals surface area contributed by atoms with E-state index >= 15 is 0 Å². The third kappa shape index (κ3) is 2.98. The molecular weight excluding hydrogens is 244 g/mol. The first-order valence-electron chi connectivity index (χ1n) is 6.39. The van der Waals surface area contributed by atoms with E-state index in [1.54, 1.807) is 24.1 Å². The molecule has 1 aliphatic carbocycles. The fourth-order valence-corrected chi connectivity index (χ4v) is 2.43. The summed E-state index contributed by atoms with van der Waals surface area (Å²) in [4.78, 5) is 13.9. The maximum absolute atomic E-state index is 12.2. The maximum Gasteiger partial charge on any atom is 0.257 e. The first-order chi connectivity index (χ1) is 9.01. The van der Waals surface area contributed by atoms with Crippen molar-refractivity contribution in [3.63, 3.8) is 0 Å². The smallest absolute Gasteiger partial charge is 0.257 e. The first kappa shape index (κ1) is 13.7. The molecule has 0 heterocycles. The monoisotopic (exact) mass is 264 g/mol. The van der Waals surface area contributed by atoms with Crippen LogP contribution in [0.1, 0.15) is 23.2 Å². The fourth-order valence-electron chi connectivity index (χ4n) is 2.43. The average Bonchev–Trinajstić information content (AvgIpc) is 2.35. The van der Waals surface area contributed by atoms with E-state index in [4.69, 9.17) is 10.5 Å². The van der Waals surface area contributed by atoms with Gasteiger partial charge in [-0.25, -0.2) is 0 Å². The van der Waals surface area contributed by atoms with Crippen molar-refractivity contribution >= 4 is 5.91 Å². The van der Waals surface area contributed by atoms with Crippen LogP contribution in [0.5, 0.6) is 11.5 Å². The van der Waals surface area contributed by atoms with Crippen LogP contribution in [0.4, 0.5) is 0 Å². The Morgan fingerprint density at radius 2 is 2.21 bits per heavy atom. The number of carbonyl (C=O) groups is 1. The number of carbonyl (C=O) groups excluding carboxylic acids is 1. The molecule has 2 rings (SSSR count). The Balaban J connectivity index is 2.02. The van der Waals surface area contributed by atoms with Gasteiger partial charge in [0, 0.05) is 25.7 Å². The summed E-state index contributed by atoms with van der Waals surface area (Å²) in [6, 6.07) is 4.97. The summed E-state index contributed by atoms with van der Waals surface area (Å²) in [7, 11) is 3.26. The van der Waals surface area contributed by atoms with E-state index in [1.165, 1.54) is 13.2 Å². The molecular formula is C14H20N2O3. The molecule has 0 bridgehead atoms. The van der Waals surface area contributed by atoms with Gasteiger partial charge in [-0.05, 0) is 30.9 Å². The van der Waals surface area contributed by atoms with Crippen molar-refractivity contribution in [2.75, 3.05) is 20.7 Å². The molecule has 0 radical (unpaired) electrons. The van der Waals surface area contributed by atoms with Gasteiger partial charge in [-0.15, -0.1) is 0 Å². The van der Waals surface area contributed by atoms with E-state index in [0.29, 0.717) is 23.8 Å². The van der Waals surface area contributed by atoms with Crippen molar-refractivity contribution in [1.82, 2.24) is 4.90 Å². The molecule has 1 aromatic rings. The number of nitrogens with zero attached hydrogens (tertiary/aromatic N) is 1. The van der Waals surface area contributed by atoms with Crippen LogP contribution in [0.3, 0.4) is 0 Å². The summed E-state index contributed by atoms with van der Waals surface area (Å²) in [6.07, 6.45) is 1.93. The Bertz CT molecular complexity index is 470. The highest BCUT2D eigenvalue weighted by Gasteiger charge is 2.28. The van der Waals surface area contributed by atoms with Crippen LogP contribution in [0.15, 0.2) is 18.2 Å². The van der Waals surface area contributed by atoms with Gasteiger partial charge in [0.1, 0.15) is 11.5 Å². The van der Waals surface area contributed by atoms with E-state index in [2.05, 4.69) is 0 Å². The van der Waals surface area contributed by atoms with Gasteiger partial charge in [-0.2, -0.15) is 0 Å². The van der Waals surface area contributed by atoms with E-state index < -0.39 is 0 Å². The summed E-state index contributed by atoms with van der Waals surface area (Å²) in [5.41, 5.74) is 6.03. The summed E-state index contributed by atoms with van der Waals surface area (Å²) in [5, 5.41) is 9.84. The number of ether oxygens (including phenoxy) is 1. The first-order valence-corrected chi connectivity index (χ1v) is 6.39. The maximum atomic E-state index is 12.2. The van der Waals surface area contributed by atoms with Gasteiger partial charge in [-0.1, -0.05) is 0 Å². The zero-order valence-electron chi connectivity index (χ0n) is 11.3. The highest BCUT2D eigenvalue weighted by Crippen LogP contribution is 2.28. The number of hydrogen-bond donors (Lipinski definition) is 2. The predicted molar refractivity (Wildman–Crippen MR) is 72.3 cm³/mol. The average molecular weight is 264 g/mol. The van der Waals surface area contributed by atoms with Crippen LogP contribution in [0.2, 0.25) is 0 Å². The topological polar surface area (TPSA) is 75.8 Å². The quantitative estimate of drug-likeness (QED) is 0.857. The SMILES string of the molecule is COc1ccc(C(=O)N(C)CC2CC(N)C2)c(O)c1. The highest BCUT2D eigenvalue weighted by molar-refractivity contribution is 5.96. The van der Waals surface area contributed by atoms with Crippen LogP contribution in [0.25, 0.3) is 0 Å². The molecule has 104 valence electrons. The lowest BCUT2D eigenvalue weighted by molar-refractivity contribution is 0.0731. The summed E-state index contributed by atoms with van der Waals surface area (Å²) >= 11 is 0. The largest absolute Gasteiger partial charge is 0.507 e. The van der Waals surface area contributed by atoms with Crippen molar-refractivity contribution in [3.8, 4) is 11.5 Å². The summed E-state index contributed by atoms with van der Waals surface area (Å²) in [5.74, 6) is 0.771. The third-order valence-corrected chi connectivity index (χ3v) is 3.59. The molecule has 1 amide bonds. The van der Waals surface area contributed by atoms with E-state index in [9.17, 15) is 9.90 Å². The molecule has 5 nitrogen and oxygen atoms in total. The molecule has 1 saturated carbocycles. The number of rotatable bonds is 4. The number of phenols is 1. The van der Waals surface area contributed by atoms with Gasteiger partial charge in [0.25, 0.3) is 5.91 Å². The molecule has 5 heteroatoms. The number of nitrogens with two attached hydrogens (primary N) is 1. The fraction of sp³-hybridized carbons (Fsp3) is 0.500. The normalized spacial score (nSPS) is 21.6. The number of benzene rings is 1. The van der Waals surface area contributed by atoms with Gasteiger partial charge < -0.3 is 20.5 Å². The molecule has 1 fully saturated rings. The second-order valence-corrected chi connectivity index (χ2v) is 5.17. The Kier molecular flexibility index (Phi) is 3.95. The van der Waals surface area contributed by atoms with Gasteiger partial charge >= 0.3 is 0 Å². The van der Waals surface area contributed by atoms with Gasteiger partial charge in [0.2, 0.25) is 0 Å². The number of methoxy groups -OCH3 is 1. The van der Waals surface area contributed by atoms with Crippen LogP contribution >= 0.6 is 0 Å². The van der Waals surface area contributed by atoms with E-state index in [-0.39, 0.29) is 17.7 Å². The van der Waals surface area contributed by atoms with Crippen molar-refractivity contribution in [3.05, 3.63) is 23.8 Å². The summed E-state index contributed by atoms with van der Waals surface area (Å²) in [6.45, 7) is 0.679. The molecule has 1 aliphatic rings. The van der Waals surface area contributed by atoms with E-state index in [0.717, 1.165) is 12.8 Å². The molecule has 3 N–H and O–H groups in total. The lowest BCUT2D eigenvalue weighted by Crippen LogP contribution is -2.43. The lowest BCUT2D eigenvalue weighted by atomic mass is 9.80. The number of phenolic OH excluding ortho intramolecular Hbond substituents is 1. The predicted octanol–water partition coefficient (Wildman–Crippen LogP) is 1.21. The second-order valence-electron chi connectivity index (χ2n) is 5.17. The van der Waals surface area contributed by atoms with Crippen molar-refractivity contribution in [1.29, 1.82) is 0 Å². The Morgan fingerprint density at radius 1 is 1.53 bits per heavy atom. The molecule has 0 saturated heterocycles. The molecule has 1 aromatic carbocycles. The minimum Gasteiger partial charge on any atom is -0.507 e. The number of amides is 1. The van der Waals surface area contributed by atoms with Crippen LogP contribution in [0, 0.1) is 5.92 Å². The Labute approximate surface area is 113 Å². The van der Waals surface area contributed by atoms with Gasteiger partial charge in [0.15, 0.2) is 0 Å². The lowest BCUT2D eigenvalue weighted by Gasteiger charge is -2.35. The number of hydrogen-bond acceptors (Lipinski definition) is 4. The van der Waals surface area contributed by atoms with Gasteiger partial charge in [-0.3, -0.25) is 4.79 Å². The molecule has 0 unspecified atom stereocenters. The molecule has 0 atom stereocenters. The van der Waals surface area contributed by atoms with Crippen molar-refractivity contribution < 1.29 is 14.6 Å². The molecule has 19 heavy (non-hydrogen) atoms. The Hall–Kier alpha value is -1.75. The summed E-state index contributed by atoms with van der Waals surface area (Å²) < 4.78 is 4.99. The molecule has 0 spiro atoms. The van der Waals surface area contributed by atoms with E-state index in [1.807, 2.05) is 0 Å². The van der Waals surface area contributed by atoms with Crippen LogP contribution in [-0.2, 0) is 0 Å². The van der Waals surface area contributed by atoms with Crippen molar-refractivity contribution in [2.45, 2.75) is 18.9 Å². The zero-order valence-corrected chi connectivity index (χ0v) is 11.3. The molecule has 0 aromatic heterocycles. The minimum absolute atomic E-state index is 0.0542. The number of aromatic hydroxyl groups is 1. The standard InChI is InChI=1S/C14H20N2O3/c1-16(8-9-5-10(15)6-9)14(18)12-4-3-11(19-2)7-13(12)17/h3-4,7,9-10,17H,5-6,8,15H2,1-2H3. The molecule has 0 aliphatic heterocycles. The van der Waals surface area contributed by atoms with Crippen LogP contribution in [-0.4, -0.2) is 42.7 Å². The minimum atomic E-state index is -0.180. The van der Waals surface area contributed by atoms with Gasteiger partial charge in [0.05, 0.1) is 12.7 Å². The third-order valence-electron chi connectivity index (χ3n) is 3.59. The van der Waals surface area contributed by atoms with Crippen molar-refractivity contribution in [2.24, 2.45) is 11.7 Å². The zero-order chi connectivity index (χ0) is 14.0. The Morgan fingerprint density at radius 3 is 2.74 bits per heavy atom. The second kappa shape index (κ2) is 5.48. The highest BCUT2D eigenvalue weighted by atomic mass is 16.5. The van der Waals surface area contributed by atoms with Crippen LogP contribution < -0.4 is 10.5 Å².